The van der Waals surface area contributed by atoms with Crippen LogP contribution >= 0.6 is 55.1 Å². The third-order valence-electron chi connectivity index (χ3n) is 9.04. The van der Waals surface area contributed by atoms with Crippen LogP contribution in [0.15, 0.2) is 46.1 Å². The average Bonchev–Trinajstić information content (AvgIpc) is 3.81. The Balaban J connectivity index is 0.000000137. The highest BCUT2D eigenvalue weighted by Gasteiger charge is 2.53. The van der Waals surface area contributed by atoms with Crippen LogP contribution in [-0.2, 0) is 10.8 Å². The Morgan fingerprint density at radius 2 is 1.17 bits per heavy atom. The van der Waals surface area contributed by atoms with E-state index in [0.717, 1.165) is 57.6 Å². The minimum absolute atomic E-state index is 0.0877. The van der Waals surface area contributed by atoms with Crippen molar-refractivity contribution >= 4 is 66.7 Å². The number of nitrogens with zero attached hydrogens (tertiary/aromatic N) is 8. The Bertz CT molecular complexity index is 1510. The predicted molar refractivity (Wildman–Crippen MR) is 163 cm³/mol. The largest absolute Gasteiger partial charge is 0.391 e. The number of fused-ring (bicyclic) bond motifs is 4. The molecule has 2 fully saturated rings. The van der Waals surface area contributed by atoms with Gasteiger partial charge in [-0.15, -0.1) is 10.2 Å². The summed E-state index contributed by atoms with van der Waals surface area (Å²) >= 11 is 19.8. The van der Waals surface area contributed by atoms with Gasteiger partial charge in [-0.2, -0.15) is 0 Å². The van der Waals surface area contributed by atoms with Crippen molar-refractivity contribution in [1.82, 2.24) is 40.0 Å². The molecule has 4 N–H and O–H groups in total. The zero-order chi connectivity index (χ0) is 29.2. The topological polar surface area (TPSA) is 152 Å². The van der Waals surface area contributed by atoms with E-state index in [1.165, 1.54) is 0 Å². The number of hydrogen-bond acceptors (Lipinski definition) is 10. The van der Waals surface area contributed by atoms with Gasteiger partial charge in [-0.3, -0.25) is 0 Å². The summed E-state index contributed by atoms with van der Waals surface area (Å²) < 4.78 is 5.03. The molecule has 0 amide bonds. The molecule has 2 spiro atoms. The van der Waals surface area contributed by atoms with Crippen molar-refractivity contribution in [2.24, 2.45) is 0 Å². The second-order valence-electron chi connectivity index (χ2n) is 11.4. The summed E-state index contributed by atoms with van der Waals surface area (Å²) in [7, 11) is 0. The van der Waals surface area contributed by atoms with E-state index in [4.69, 9.17) is 23.2 Å². The Labute approximate surface area is 267 Å². The van der Waals surface area contributed by atoms with Crippen LogP contribution in [0.5, 0.6) is 0 Å². The first-order valence-corrected chi connectivity index (χ1v) is 15.8. The molecular weight excluding hydrogens is 715 g/mol. The summed E-state index contributed by atoms with van der Waals surface area (Å²) in [5.41, 5.74) is 1.58. The van der Waals surface area contributed by atoms with Gasteiger partial charge >= 0.3 is 0 Å². The molecule has 2 aliphatic heterocycles. The lowest BCUT2D eigenvalue weighted by Gasteiger charge is -2.24. The highest BCUT2D eigenvalue weighted by atomic mass is 79.9. The third kappa shape index (κ3) is 4.53. The lowest BCUT2D eigenvalue weighted by Crippen LogP contribution is -2.26. The molecule has 220 valence electrons. The van der Waals surface area contributed by atoms with E-state index in [-0.39, 0.29) is 22.9 Å². The zero-order valence-corrected chi connectivity index (χ0v) is 26.7. The molecule has 4 aliphatic rings. The second-order valence-corrected chi connectivity index (χ2v) is 13.9. The maximum Gasteiger partial charge on any atom is 0.131 e. The van der Waals surface area contributed by atoms with Crippen molar-refractivity contribution in [2.75, 3.05) is 23.7 Å². The van der Waals surface area contributed by atoms with Gasteiger partial charge in [0.25, 0.3) is 0 Å². The van der Waals surface area contributed by atoms with Gasteiger partial charge < -0.3 is 20.8 Å². The van der Waals surface area contributed by atoms with Crippen LogP contribution in [0.3, 0.4) is 0 Å². The standard InChI is InChI=1S/2C13H13BrClN5O/c2*14-7-5-16-12-10(11(7)15)13(6-17-12)3-8(9(21)4-13)20-2-1-18-19-20/h2*1-2,5,8-9,21H,3-4,6H2,(H,16,17)/t2*8-,9-,13+/m10/s1. The summed E-state index contributed by atoms with van der Waals surface area (Å²) in [4.78, 5) is 8.79. The maximum atomic E-state index is 10.5. The summed E-state index contributed by atoms with van der Waals surface area (Å²) in [6, 6.07) is -0.175. The van der Waals surface area contributed by atoms with Gasteiger partial charge in [0, 0.05) is 59.8 Å². The highest BCUT2D eigenvalue weighted by molar-refractivity contribution is 9.10. The van der Waals surface area contributed by atoms with Crippen LogP contribution in [0, 0.1) is 0 Å². The summed E-state index contributed by atoms with van der Waals surface area (Å²) in [5.74, 6) is 1.63. The number of aromatic nitrogens is 8. The fourth-order valence-corrected chi connectivity index (χ4v) is 8.47. The normalized spacial score (nSPS) is 30.6. The van der Waals surface area contributed by atoms with Gasteiger partial charge in [-0.05, 0) is 57.5 Å². The van der Waals surface area contributed by atoms with Gasteiger partial charge in [0.05, 0.1) is 55.7 Å². The molecule has 0 unspecified atom stereocenters. The summed E-state index contributed by atoms with van der Waals surface area (Å²) in [6.45, 7) is 1.46. The van der Waals surface area contributed by atoms with E-state index < -0.39 is 12.2 Å². The number of aliphatic hydroxyl groups excluding tert-OH is 2. The van der Waals surface area contributed by atoms with Crippen molar-refractivity contribution in [2.45, 2.75) is 60.8 Å². The Hall–Kier alpha value is -2.36. The van der Waals surface area contributed by atoms with E-state index in [0.29, 0.717) is 22.9 Å². The molecule has 2 saturated carbocycles. The third-order valence-corrected chi connectivity index (χ3v) is 11.5. The van der Waals surface area contributed by atoms with Crippen molar-refractivity contribution in [3.05, 3.63) is 67.3 Å². The number of hydrogen-bond donors (Lipinski definition) is 4. The first-order chi connectivity index (χ1) is 20.2. The van der Waals surface area contributed by atoms with Crippen LogP contribution in [0.1, 0.15) is 48.9 Å². The quantitative estimate of drug-likeness (QED) is 0.234. The molecule has 0 bridgehead atoms. The molecule has 0 aromatic carbocycles. The number of rotatable bonds is 2. The Morgan fingerprint density at radius 3 is 1.55 bits per heavy atom. The molecule has 4 aromatic rings. The molecule has 0 saturated heterocycles. The number of nitrogens with one attached hydrogen (secondary N) is 2. The molecule has 8 rings (SSSR count). The van der Waals surface area contributed by atoms with E-state index in [1.807, 2.05) is 0 Å². The van der Waals surface area contributed by atoms with Crippen molar-refractivity contribution in [1.29, 1.82) is 0 Å². The van der Waals surface area contributed by atoms with Crippen LogP contribution in [0.2, 0.25) is 10.0 Å². The number of anilines is 2. The van der Waals surface area contributed by atoms with E-state index in [9.17, 15) is 10.2 Å². The minimum atomic E-state index is -0.477. The van der Waals surface area contributed by atoms with Gasteiger partial charge in [0.1, 0.15) is 11.6 Å². The zero-order valence-electron chi connectivity index (χ0n) is 22.0. The van der Waals surface area contributed by atoms with E-state index in [2.05, 4.69) is 73.1 Å². The average molecular weight is 741 g/mol. The molecule has 6 atom stereocenters. The van der Waals surface area contributed by atoms with Crippen LogP contribution < -0.4 is 10.6 Å². The van der Waals surface area contributed by atoms with Gasteiger partial charge in [-0.1, -0.05) is 33.6 Å². The highest BCUT2D eigenvalue weighted by Crippen LogP contribution is 2.55. The molecule has 42 heavy (non-hydrogen) atoms. The fourth-order valence-electron chi connectivity index (χ4n) is 7.19. The number of halogens is 4. The van der Waals surface area contributed by atoms with Gasteiger partial charge in [-0.25, -0.2) is 19.3 Å². The summed E-state index contributed by atoms with van der Waals surface area (Å²) in [6.07, 6.45) is 12.1. The molecule has 4 aromatic heterocycles. The molecule has 12 nitrogen and oxygen atoms in total. The SMILES string of the molecule is O[C@@H]1C[C@]2(CNc3ncc(Br)c(Cl)c32)C[C@H]1n1ccnn1.O[C@H]1C[C@@]2(CNc3ncc(Br)c(Cl)c32)C[C@@H]1n1ccnn1. The minimum Gasteiger partial charge on any atom is -0.391 e. The predicted octanol–water partition coefficient (Wildman–Crippen LogP) is 4.30. The van der Waals surface area contributed by atoms with Crippen molar-refractivity contribution < 1.29 is 10.2 Å². The lowest BCUT2D eigenvalue weighted by molar-refractivity contribution is 0.127. The van der Waals surface area contributed by atoms with Gasteiger partial charge in [0.2, 0.25) is 0 Å². The summed E-state index contributed by atoms with van der Waals surface area (Å²) in [5, 5.41) is 44.7. The molecule has 0 radical (unpaired) electrons. The first-order valence-electron chi connectivity index (χ1n) is 13.5. The van der Waals surface area contributed by atoms with E-state index in [1.54, 1.807) is 46.5 Å². The van der Waals surface area contributed by atoms with Crippen molar-refractivity contribution in [3.63, 3.8) is 0 Å². The maximum absolute atomic E-state index is 10.5. The first kappa shape index (κ1) is 28.4. The Kier molecular flexibility index (Phi) is 7.22. The number of pyridine rings is 2. The van der Waals surface area contributed by atoms with Gasteiger partial charge in [0.15, 0.2) is 0 Å². The Morgan fingerprint density at radius 1 is 0.738 bits per heavy atom. The van der Waals surface area contributed by atoms with Crippen molar-refractivity contribution in [3.8, 4) is 0 Å². The molecule has 2 aliphatic carbocycles. The fraction of sp³-hybridized carbons (Fsp3) is 0.462. The van der Waals surface area contributed by atoms with E-state index >= 15 is 0 Å². The van der Waals surface area contributed by atoms with Crippen LogP contribution in [-0.4, -0.2) is 75.5 Å². The van der Waals surface area contributed by atoms with Crippen LogP contribution in [0.4, 0.5) is 11.6 Å². The van der Waals surface area contributed by atoms with Crippen LogP contribution in [0.25, 0.3) is 0 Å². The molecule has 16 heteroatoms. The monoisotopic (exact) mass is 738 g/mol. The second kappa shape index (κ2) is 10.7. The molecular formula is C26H26Br2Cl2N10O2. The lowest BCUT2D eigenvalue weighted by atomic mass is 9.81. The smallest absolute Gasteiger partial charge is 0.131 e. The number of aliphatic hydroxyl groups is 2. The molecule has 6 heterocycles.